The van der Waals surface area contributed by atoms with E-state index in [9.17, 15) is 0 Å². The van der Waals surface area contributed by atoms with E-state index in [1.165, 1.54) is 17.7 Å². The molecule has 0 spiro atoms. The van der Waals surface area contributed by atoms with Crippen LogP contribution in [0, 0.1) is 0 Å². The maximum atomic E-state index is 5.87. The van der Waals surface area contributed by atoms with Gasteiger partial charge in [-0.3, -0.25) is 0 Å². The van der Waals surface area contributed by atoms with Crippen molar-refractivity contribution in [3.63, 3.8) is 0 Å². The SMILES string of the molecule is Clc1csc(C2CCNCC2)c1. The van der Waals surface area contributed by atoms with Gasteiger partial charge in [0.1, 0.15) is 0 Å². The Morgan fingerprint density at radius 1 is 1.42 bits per heavy atom. The van der Waals surface area contributed by atoms with Crippen LogP contribution in [0.25, 0.3) is 0 Å². The average molecular weight is 202 g/mol. The van der Waals surface area contributed by atoms with Gasteiger partial charge in [0.2, 0.25) is 0 Å². The van der Waals surface area contributed by atoms with Gasteiger partial charge in [-0.2, -0.15) is 0 Å². The van der Waals surface area contributed by atoms with Crippen molar-refractivity contribution in [2.75, 3.05) is 13.1 Å². The highest BCUT2D eigenvalue weighted by atomic mass is 35.5. The van der Waals surface area contributed by atoms with Crippen molar-refractivity contribution >= 4 is 22.9 Å². The second-order valence-electron chi connectivity index (χ2n) is 3.19. The first-order valence-corrected chi connectivity index (χ1v) is 5.56. The van der Waals surface area contributed by atoms with Crippen molar-refractivity contribution < 1.29 is 0 Å². The van der Waals surface area contributed by atoms with Gasteiger partial charge in [0.15, 0.2) is 0 Å². The summed E-state index contributed by atoms with van der Waals surface area (Å²) >= 11 is 7.67. The van der Waals surface area contributed by atoms with Gasteiger partial charge in [0.25, 0.3) is 0 Å². The fraction of sp³-hybridized carbons (Fsp3) is 0.556. The molecule has 3 heteroatoms. The van der Waals surface area contributed by atoms with Crippen molar-refractivity contribution in [2.24, 2.45) is 0 Å². The minimum absolute atomic E-state index is 0.753. The number of rotatable bonds is 1. The number of hydrogen-bond donors (Lipinski definition) is 1. The molecule has 1 nitrogen and oxygen atoms in total. The molecule has 12 heavy (non-hydrogen) atoms. The third-order valence-electron chi connectivity index (χ3n) is 2.33. The van der Waals surface area contributed by atoms with Crippen molar-refractivity contribution in [3.8, 4) is 0 Å². The lowest BCUT2D eigenvalue weighted by Crippen LogP contribution is -2.26. The summed E-state index contributed by atoms with van der Waals surface area (Å²) in [6.07, 6.45) is 2.52. The van der Waals surface area contributed by atoms with Crippen molar-refractivity contribution in [2.45, 2.75) is 18.8 Å². The fourth-order valence-electron chi connectivity index (χ4n) is 1.65. The Hall–Kier alpha value is -0.0500. The molecule has 0 unspecified atom stereocenters. The molecule has 0 amide bonds. The molecule has 1 aliphatic heterocycles. The third kappa shape index (κ3) is 1.82. The van der Waals surface area contributed by atoms with Gasteiger partial charge < -0.3 is 5.32 Å². The summed E-state index contributed by atoms with van der Waals surface area (Å²) in [5, 5.41) is 6.29. The largest absolute Gasteiger partial charge is 0.317 e. The summed E-state index contributed by atoms with van der Waals surface area (Å²) in [5.41, 5.74) is 0. The molecule has 0 atom stereocenters. The molecule has 2 heterocycles. The second kappa shape index (κ2) is 3.77. The van der Waals surface area contributed by atoms with E-state index in [-0.39, 0.29) is 0 Å². The summed E-state index contributed by atoms with van der Waals surface area (Å²) in [7, 11) is 0. The van der Waals surface area contributed by atoms with Crippen molar-refractivity contribution in [3.05, 3.63) is 21.3 Å². The second-order valence-corrected chi connectivity index (χ2v) is 4.57. The molecule has 1 aromatic rings. The summed E-state index contributed by atoms with van der Waals surface area (Å²) in [6, 6.07) is 2.11. The highest BCUT2D eigenvalue weighted by molar-refractivity contribution is 7.10. The molecule has 1 saturated heterocycles. The zero-order valence-corrected chi connectivity index (χ0v) is 8.42. The molecular formula is C9H12ClNS. The molecule has 0 saturated carbocycles. The van der Waals surface area contributed by atoms with Crippen molar-refractivity contribution in [1.29, 1.82) is 0 Å². The van der Waals surface area contributed by atoms with E-state index in [1.807, 2.05) is 5.38 Å². The van der Waals surface area contributed by atoms with Crippen LogP contribution in [0.2, 0.25) is 5.02 Å². The molecule has 1 N–H and O–H groups in total. The number of piperidine rings is 1. The van der Waals surface area contributed by atoms with Crippen LogP contribution in [0.15, 0.2) is 11.4 Å². The first-order chi connectivity index (χ1) is 5.86. The molecular weight excluding hydrogens is 190 g/mol. The van der Waals surface area contributed by atoms with E-state index in [4.69, 9.17) is 11.6 Å². The summed E-state index contributed by atoms with van der Waals surface area (Å²) < 4.78 is 0. The first kappa shape index (κ1) is 8.54. The van der Waals surface area contributed by atoms with Crippen LogP contribution in [0.4, 0.5) is 0 Å². The topological polar surface area (TPSA) is 12.0 Å². The summed E-state index contributed by atoms with van der Waals surface area (Å²) in [6.45, 7) is 2.31. The minimum atomic E-state index is 0.753. The molecule has 0 radical (unpaired) electrons. The smallest absolute Gasteiger partial charge is 0.0515 e. The number of thiophene rings is 1. The molecule has 1 fully saturated rings. The van der Waals surface area contributed by atoms with Gasteiger partial charge in [-0.05, 0) is 37.9 Å². The van der Waals surface area contributed by atoms with E-state index in [2.05, 4.69) is 11.4 Å². The van der Waals surface area contributed by atoms with E-state index in [0.717, 1.165) is 24.0 Å². The monoisotopic (exact) mass is 201 g/mol. The van der Waals surface area contributed by atoms with Gasteiger partial charge >= 0.3 is 0 Å². The molecule has 0 aromatic carbocycles. The average Bonchev–Trinajstić information content (AvgIpc) is 2.54. The highest BCUT2D eigenvalue weighted by Gasteiger charge is 2.16. The van der Waals surface area contributed by atoms with E-state index < -0.39 is 0 Å². The van der Waals surface area contributed by atoms with Crippen LogP contribution < -0.4 is 5.32 Å². The molecule has 0 aliphatic carbocycles. The van der Waals surface area contributed by atoms with Crippen LogP contribution in [0.5, 0.6) is 0 Å². The molecule has 1 aromatic heterocycles. The lowest BCUT2D eigenvalue weighted by molar-refractivity contribution is 0.465. The van der Waals surface area contributed by atoms with Gasteiger partial charge in [0, 0.05) is 10.3 Å². The Kier molecular flexibility index (Phi) is 2.69. The molecule has 0 bridgehead atoms. The van der Waals surface area contributed by atoms with Crippen molar-refractivity contribution in [1.82, 2.24) is 5.32 Å². The number of halogens is 1. The third-order valence-corrected chi connectivity index (χ3v) is 3.77. The zero-order chi connectivity index (χ0) is 8.39. The van der Waals surface area contributed by atoms with Crippen LogP contribution in [0.1, 0.15) is 23.6 Å². The van der Waals surface area contributed by atoms with Gasteiger partial charge in [-0.1, -0.05) is 11.6 Å². The van der Waals surface area contributed by atoms with Crippen LogP contribution in [-0.4, -0.2) is 13.1 Å². The van der Waals surface area contributed by atoms with Crippen LogP contribution in [0.3, 0.4) is 0 Å². The number of nitrogens with one attached hydrogen (secondary N) is 1. The van der Waals surface area contributed by atoms with Gasteiger partial charge in [-0.15, -0.1) is 11.3 Å². The zero-order valence-electron chi connectivity index (χ0n) is 6.85. The molecule has 2 rings (SSSR count). The standard InChI is InChI=1S/C9H12ClNS/c10-8-5-9(12-6-8)7-1-3-11-4-2-7/h5-7,11H,1-4H2. The Morgan fingerprint density at radius 3 is 2.75 bits per heavy atom. The summed E-state index contributed by atoms with van der Waals surface area (Å²) in [5.74, 6) is 0.753. The van der Waals surface area contributed by atoms with Crippen LogP contribution >= 0.6 is 22.9 Å². The number of hydrogen-bond acceptors (Lipinski definition) is 2. The lowest BCUT2D eigenvalue weighted by atomic mass is 9.97. The first-order valence-electron chi connectivity index (χ1n) is 4.31. The Balaban J connectivity index is 2.08. The Labute approximate surface area is 81.7 Å². The molecule has 1 aliphatic rings. The fourth-order valence-corrected chi connectivity index (χ4v) is 2.90. The normalized spacial score (nSPS) is 19.8. The van der Waals surface area contributed by atoms with E-state index in [1.54, 1.807) is 11.3 Å². The van der Waals surface area contributed by atoms with Gasteiger partial charge in [0.05, 0.1) is 5.02 Å². The van der Waals surface area contributed by atoms with Crippen LogP contribution in [-0.2, 0) is 0 Å². The van der Waals surface area contributed by atoms with E-state index in [0.29, 0.717) is 0 Å². The quantitative estimate of drug-likeness (QED) is 0.737. The maximum Gasteiger partial charge on any atom is 0.0515 e. The molecule has 66 valence electrons. The Morgan fingerprint density at radius 2 is 2.17 bits per heavy atom. The predicted octanol–water partition coefficient (Wildman–Crippen LogP) is 2.87. The van der Waals surface area contributed by atoms with Gasteiger partial charge in [-0.25, -0.2) is 0 Å². The summed E-state index contributed by atoms with van der Waals surface area (Å²) in [4.78, 5) is 1.46. The maximum absolute atomic E-state index is 5.87. The Bertz CT molecular complexity index is 253. The highest BCUT2D eigenvalue weighted by Crippen LogP contribution is 2.31. The predicted molar refractivity (Wildman–Crippen MR) is 54.2 cm³/mol. The van der Waals surface area contributed by atoms with E-state index >= 15 is 0 Å². The minimum Gasteiger partial charge on any atom is -0.317 e. The lowest BCUT2D eigenvalue weighted by Gasteiger charge is -2.21.